The van der Waals surface area contributed by atoms with Crippen molar-refractivity contribution in [3.8, 4) is 11.1 Å². The fourth-order valence-electron chi connectivity index (χ4n) is 2.78. The van der Waals surface area contributed by atoms with Crippen LogP contribution in [0.25, 0.3) is 21.9 Å². The summed E-state index contributed by atoms with van der Waals surface area (Å²) in [6.07, 6.45) is 7.92. The number of hydrogen-bond acceptors (Lipinski definition) is 0. The van der Waals surface area contributed by atoms with E-state index in [9.17, 15) is 0 Å². The van der Waals surface area contributed by atoms with Gasteiger partial charge in [-0.3, -0.25) is 0 Å². The van der Waals surface area contributed by atoms with E-state index in [4.69, 9.17) is 0 Å². The minimum atomic E-state index is 1.28. The maximum atomic E-state index is 2.18. The molecule has 0 saturated heterocycles. The van der Waals surface area contributed by atoms with Crippen LogP contribution in [-0.2, 0) is 0 Å². The average molecular weight is 625 g/mol. The van der Waals surface area contributed by atoms with Crippen molar-refractivity contribution in [1.29, 1.82) is 0 Å². The van der Waals surface area contributed by atoms with E-state index in [0.29, 0.717) is 0 Å². The van der Waals surface area contributed by atoms with Crippen LogP contribution in [0, 0.1) is 0 Å². The van der Waals surface area contributed by atoms with Gasteiger partial charge in [0.15, 0.2) is 0 Å². The van der Waals surface area contributed by atoms with Crippen LogP contribution in [0.4, 0.5) is 0 Å². The molecule has 0 amide bonds. The highest BCUT2D eigenvalue weighted by molar-refractivity contribution is 5.82. The van der Waals surface area contributed by atoms with Gasteiger partial charge in [0.05, 0.1) is 0 Å². The summed E-state index contributed by atoms with van der Waals surface area (Å²) in [6, 6.07) is 49.5. The molecule has 5 rings (SSSR count). The molecule has 0 N–H and O–H groups in total. The normalized spacial score (nSPS) is 8.09. The average Bonchev–Trinajstić information content (AvgIpc) is 3.19. The first-order valence-electron chi connectivity index (χ1n) is 18.2. The zero-order chi connectivity index (χ0) is 35.5. The summed E-state index contributed by atoms with van der Waals surface area (Å²) in [5, 5.41) is 2.62. The second-order valence-corrected chi connectivity index (χ2v) is 9.23. The van der Waals surface area contributed by atoms with Gasteiger partial charge >= 0.3 is 0 Å². The first-order valence-corrected chi connectivity index (χ1v) is 18.2. The van der Waals surface area contributed by atoms with Crippen molar-refractivity contribution in [2.45, 2.75) is 122 Å². The SMILES string of the molecule is CC.CC.CC.CCCC.CCCC.CCCC.c1ccc(-c2ccccc2)cc1.c1ccc2ccccc2c1.c1ccccc1. The Kier molecular flexibility index (Phi) is 49.0. The van der Waals surface area contributed by atoms with Crippen molar-refractivity contribution in [2.24, 2.45) is 0 Å². The molecule has 0 atom stereocenters. The number of fused-ring (bicyclic) bond motifs is 1. The Balaban J connectivity index is -0.000000235. The highest BCUT2D eigenvalue weighted by Gasteiger charge is 1.91. The summed E-state index contributed by atoms with van der Waals surface area (Å²) in [7, 11) is 0. The van der Waals surface area contributed by atoms with Crippen LogP contribution < -0.4 is 0 Å². The quantitative estimate of drug-likeness (QED) is 0.187. The summed E-state index contributed by atoms with van der Waals surface area (Å²) in [6.45, 7) is 25.1. The van der Waals surface area contributed by atoms with E-state index < -0.39 is 0 Å². The van der Waals surface area contributed by atoms with Crippen molar-refractivity contribution in [2.75, 3.05) is 0 Å². The molecule has 0 aromatic heterocycles. The molecule has 0 unspecified atom stereocenters. The van der Waals surface area contributed by atoms with Crippen LogP contribution >= 0.6 is 0 Å². The topological polar surface area (TPSA) is 0 Å². The maximum Gasteiger partial charge on any atom is -0.0184 e. The minimum Gasteiger partial charge on any atom is -0.0683 e. The molecule has 0 fully saturated rings. The van der Waals surface area contributed by atoms with Gasteiger partial charge in [-0.15, -0.1) is 0 Å². The van der Waals surface area contributed by atoms with Gasteiger partial charge < -0.3 is 0 Å². The van der Waals surface area contributed by atoms with Gasteiger partial charge in [-0.25, -0.2) is 0 Å². The highest BCUT2D eigenvalue weighted by Crippen LogP contribution is 2.17. The molecule has 0 bridgehead atoms. The van der Waals surface area contributed by atoms with E-state index in [-0.39, 0.29) is 0 Å². The summed E-state index contributed by atoms with van der Waals surface area (Å²) < 4.78 is 0. The smallest absolute Gasteiger partial charge is 0.0184 e. The molecule has 0 heterocycles. The largest absolute Gasteiger partial charge is 0.0683 e. The first-order chi connectivity index (χ1) is 22.7. The monoisotopic (exact) mass is 625 g/mol. The summed E-state index contributed by atoms with van der Waals surface area (Å²) in [5.74, 6) is 0. The van der Waals surface area contributed by atoms with Gasteiger partial charge in [0.1, 0.15) is 0 Å². The predicted octanol–water partition coefficient (Wildman–Crippen LogP) is 16.4. The third kappa shape index (κ3) is 33.3. The van der Waals surface area contributed by atoms with Crippen molar-refractivity contribution >= 4 is 10.8 Å². The number of benzene rings is 5. The second kappa shape index (κ2) is 45.8. The third-order valence-electron chi connectivity index (χ3n) is 5.71. The van der Waals surface area contributed by atoms with Gasteiger partial charge in [-0.2, -0.15) is 0 Å². The molecular formula is C46H72. The lowest BCUT2D eigenvalue weighted by Crippen LogP contribution is -1.73. The Hall–Kier alpha value is -3.64. The van der Waals surface area contributed by atoms with Crippen molar-refractivity contribution in [3.05, 3.63) is 146 Å². The molecule has 5 aromatic rings. The van der Waals surface area contributed by atoms with Gasteiger partial charge in [0, 0.05) is 0 Å². The maximum absolute atomic E-state index is 2.18. The van der Waals surface area contributed by atoms with Crippen molar-refractivity contribution < 1.29 is 0 Å². The Morgan fingerprint density at radius 3 is 0.565 bits per heavy atom. The number of rotatable bonds is 4. The van der Waals surface area contributed by atoms with E-state index >= 15 is 0 Å². The predicted molar refractivity (Wildman–Crippen MR) is 218 cm³/mol. The summed E-state index contributed by atoms with van der Waals surface area (Å²) >= 11 is 0. The van der Waals surface area contributed by atoms with Gasteiger partial charge in [-0.1, -0.05) is 267 Å². The number of hydrogen-bond donors (Lipinski definition) is 0. The summed E-state index contributed by atoms with van der Waals surface area (Å²) in [4.78, 5) is 0. The second-order valence-electron chi connectivity index (χ2n) is 9.23. The van der Waals surface area contributed by atoms with Crippen LogP contribution in [0.15, 0.2) is 146 Å². The molecule has 0 aliphatic carbocycles. The molecule has 0 aliphatic heterocycles. The zero-order valence-corrected chi connectivity index (χ0v) is 32.1. The molecule has 0 nitrogen and oxygen atoms in total. The Labute approximate surface area is 288 Å². The van der Waals surface area contributed by atoms with E-state index in [0.717, 1.165) is 0 Å². The molecule has 0 heteroatoms. The lowest BCUT2D eigenvalue weighted by Gasteiger charge is -1.98. The van der Waals surface area contributed by atoms with E-state index in [1.807, 2.05) is 90.1 Å². The van der Waals surface area contributed by atoms with E-state index in [1.54, 1.807) is 0 Å². The molecule has 0 aliphatic rings. The van der Waals surface area contributed by atoms with Crippen LogP contribution in [-0.4, -0.2) is 0 Å². The standard InChI is InChI=1S/C12H10.C10H8.C6H6.3C4H10.3C2H6/c1-3-7-11(8-4-1)12-9-5-2-6-10-12;1-2-6-10-8-4-3-7-9(10)5-1;1-2-4-6-5-3-1;3*1-3-4-2;3*1-2/h1-10H;1-8H;1-6H;3*3-4H2,1-2H3;3*1-2H3. The lowest BCUT2D eigenvalue weighted by molar-refractivity contribution is 0.886. The van der Waals surface area contributed by atoms with Crippen LogP contribution in [0.2, 0.25) is 0 Å². The number of unbranched alkanes of at least 4 members (excludes halogenated alkanes) is 3. The molecule has 256 valence electrons. The molecule has 46 heavy (non-hydrogen) atoms. The fraction of sp³-hybridized carbons (Fsp3) is 0.391. The summed E-state index contributed by atoms with van der Waals surface area (Å²) in [5.41, 5.74) is 2.55. The minimum absolute atomic E-state index is 1.28. The van der Waals surface area contributed by atoms with Crippen molar-refractivity contribution in [1.82, 2.24) is 0 Å². The van der Waals surface area contributed by atoms with Gasteiger partial charge in [-0.05, 0) is 21.9 Å². The van der Waals surface area contributed by atoms with Crippen LogP contribution in [0.1, 0.15) is 122 Å². The highest BCUT2D eigenvalue weighted by atomic mass is 14.0. The Bertz CT molecular complexity index is 986. The van der Waals surface area contributed by atoms with Crippen molar-refractivity contribution in [3.63, 3.8) is 0 Å². The van der Waals surface area contributed by atoms with E-state index in [1.165, 1.54) is 60.4 Å². The van der Waals surface area contributed by atoms with Gasteiger partial charge in [0.25, 0.3) is 0 Å². The Morgan fingerprint density at radius 2 is 0.391 bits per heavy atom. The molecule has 0 saturated carbocycles. The lowest BCUT2D eigenvalue weighted by atomic mass is 10.1. The molecule has 0 spiro atoms. The van der Waals surface area contributed by atoms with Crippen LogP contribution in [0.3, 0.4) is 0 Å². The van der Waals surface area contributed by atoms with Gasteiger partial charge in [0.2, 0.25) is 0 Å². The molecule has 0 radical (unpaired) electrons. The molecule has 5 aromatic carbocycles. The first kappa shape index (κ1) is 49.2. The third-order valence-corrected chi connectivity index (χ3v) is 5.71. The van der Waals surface area contributed by atoms with Crippen LogP contribution in [0.5, 0.6) is 0 Å². The van der Waals surface area contributed by atoms with E-state index in [2.05, 4.69) is 139 Å². The Morgan fingerprint density at radius 1 is 0.239 bits per heavy atom. The fourth-order valence-corrected chi connectivity index (χ4v) is 2.78. The molecular weight excluding hydrogens is 553 g/mol. The zero-order valence-electron chi connectivity index (χ0n) is 32.1.